The molecule has 23 heavy (non-hydrogen) atoms. The molecule has 0 saturated heterocycles. The molecule has 3 rings (SSSR count). The summed E-state index contributed by atoms with van der Waals surface area (Å²) < 4.78 is 7.94. The van der Waals surface area contributed by atoms with E-state index in [0.717, 1.165) is 22.4 Å². The molecule has 4 nitrogen and oxygen atoms in total. The van der Waals surface area contributed by atoms with Gasteiger partial charge in [-0.15, -0.1) is 10.2 Å². The Morgan fingerprint density at radius 1 is 1.00 bits per heavy atom. The first kappa shape index (κ1) is 15.6. The first-order valence-electron chi connectivity index (χ1n) is 7.42. The smallest absolute Gasteiger partial charge is 0.195 e. The highest BCUT2D eigenvalue weighted by atomic mass is 32.2. The van der Waals surface area contributed by atoms with E-state index in [1.165, 1.54) is 11.1 Å². The van der Waals surface area contributed by atoms with Crippen molar-refractivity contribution in [3.8, 4) is 11.4 Å². The van der Waals surface area contributed by atoms with Gasteiger partial charge < -0.3 is 4.74 Å². The second-order valence-electron chi connectivity index (χ2n) is 5.38. The van der Waals surface area contributed by atoms with E-state index in [2.05, 4.69) is 35.3 Å². The molecule has 5 heteroatoms. The number of nitrogens with zero attached hydrogens (tertiary/aromatic N) is 3. The maximum absolute atomic E-state index is 5.89. The quantitative estimate of drug-likeness (QED) is 0.660. The van der Waals surface area contributed by atoms with Crippen LogP contribution in [0.15, 0.2) is 53.7 Å². The van der Waals surface area contributed by atoms with Crippen LogP contribution in [0.25, 0.3) is 5.69 Å². The van der Waals surface area contributed by atoms with Crippen molar-refractivity contribution in [3.63, 3.8) is 0 Å². The van der Waals surface area contributed by atoms with Crippen LogP contribution in [0.2, 0.25) is 0 Å². The zero-order valence-electron chi connectivity index (χ0n) is 13.5. The van der Waals surface area contributed by atoms with Gasteiger partial charge in [-0.1, -0.05) is 36.0 Å². The normalized spacial score (nSPS) is 10.7. The van der Waals surface area contributed by atoms with Gasteiger partial charge in [0, 0.05) is 5.69 Å². The Hall–Kier alpha value is -2.27. The fourth-order valence-corrected chi connectivity index (χ4v) is 2.92. The molecule has 0 amide bonds. The molecular formula is C18H19N3OS. The van der Waals surface area contributed by atoms with Gasteiger partial charge in [0.05, 0.1) is 0 Å². The Labute approximate surface area is 140 Å². The van der Waals surface area contributed by atoms with Crippen LogP contribution in [-0.4, -0.2) is 21.0 Å². The van der Waals surface area contributed by atoms with Crippen molar-refractivity contribution < 1.29 is 4.74 Å². The fourth-order valence-electron chi connectivity index (χ4n) is 2.41. The van der Waals surface area contributed by atoms with Crippen molar-refractivity contribution in [3.05, 3.63) is 65.5 Å². The molecular weight excluding hydrogens is 306 g/mol. The van der Waals surface area contributed by atoms with Crippen molar-refractivity contribution in [2.24, 2.45) is 0 Å². The van der Waals surface area contributed by atoms with Crippen molar-refractivity contribution >= 4 is 11.8 Å². The van der Waals surface area contributed by atoms with Gasteiger partial charge in [-0.25, -0.2) is 0 Å². The highest BCUT2D eigenvalue weighted by molar-refractivity contribution is 7.98. The molecule has 0 N–H and O–H groups in total. The minimum atomic E-state index is 0.380. The van der Waals surface area contributed by atoms with E-state index < -0.39 is 0 Å². The minimum Gasteiger partial charge on any atom is -0.486 e. The molecule has 1 heterocycles. The lowest BCUT2D eigenvalue weighted by atomic mass is 10.2. The Morgan fingerprint density at radius 3 is 2.43 bits per heavy atom. The minimum absolute atomic E-state index is 0.380. The van der Waals surface area contributed by atoms with E-state index in [1.807, 2.05) is 48.1 Å². The molecule has 0 radical (unpaired) electrons. The fraction of sp³-hybridized carbons (Fsp3) is 0.222. The number of hydrogen-bond donors (Lipinski definition) is 0. The van der Waals surface area contributed by atoms with Crippen LogP contribution in [0.1, 0.15) is 17.0 Å². The number of hydrogen-bond acceptors (Lipinski definition) is 4. The second-order valence-corrected chi connectivity index (χ2v) is 6.16. The number of ether oxygens (including phenoxy) is 1. The summed E-state index contributed by atoms with van der Waals surface area (Å²) >= 11 is 1.57. The van der Waals surface area contributed by atoms with E-state index in [1.54, 1.807) is 11.8 Å². The lowest BCUT2D eigenvalue weighted by Crippen LogP contribution is -2.06. The van der Waals surface area contributed by atoms with E-state index in [4.69, 9.17) is 4.74 Å². The first-order valence-corrected chi connectivity index (χ1v) is 8.64. The molecule has 0 aliphatic heterocycles. The lowest BCUT2D eigenvalue weighted by molar-refractivity contribution is 0.292. The summed E-state index contributed by atoms with van der Waals surface area (Å²) in [6.07, 6.45) is 2.00. The van der Waals surface area contributed by atoms with Crippen molar-refractivity contribution in [1.82, 2.24) is 14.8 Å². The van der Waals surface area contributed by atoms with Crippen LogP contribution >= 0.6 is 11.8 Å². The van der Waals surface area contributed by atoms with E-state index in [-0.39, 0.29) is 0 Å². The van der Waals surface area contributed by atoms with Crippen molar-refractivity contribution in [2.45, 2.75) is 25.6 Å². The molecule has 0 spiro atoms. The first-order chi connectivity index (χ1) is 11.2. The molecule has 3 aromatic rings. The maximum atomic E-state index is 5.89. The van der Waals surface area contributed by atoms with Gasteiger partial charge in [0.25, 0.3) is 0 Å². The summed E-state index contributed by atoms with van der Waals surface area (Å²) in [6, 6.07) is 16.3. The summed E-state index contributed by atoms with van der Waals surface area (Å²) in [5, 5.41) is 9.42. The van der Waals surface area contributed by atoms with Crippen LogP contribution in [0.3, 0.4) is 0 Å². The van der Waals surface area contributed by atoms with Gasteiger partial charge in [-0.05, 0) is 55.5 Å². The van der Waals surface area contributed by atoms with Gasteiger partial charge in [-0.2, -0.15) is 0 Å². The SMILES string of the molecule is CSc1nnc(COc2cccc(C)c2)n1-c1cccc(C)c1. The third-order valence-corrected chi connectivity index (χ3v) is 4.13. The van der Waals surface area contributed by atoms with E-state index >= 15 is 0 Å². The molecule has 2 aromatic carbocycles. The molecule has 0 fully saturated rings. The molecule has 1 aromatic heterocycles. The molecule has 0 saturated carbocycles. The number of rotatable bonds is 5. The number of aromatic nitrogens is 3. The Bertz CT molecular complexity index is 814. The monoisotopic (exact) mass is 325 g/mol. The molecule has 118 valence electrons. The summed E-state index contributed by atoms with van der Waals surface area (Å²) in [5.74, 6) is 1.64. The predicted octanol–water partition coefficient (Wildman–Crippen LogP) is 4.19. The largest absolute Gasteiger partial charge is 0.486 e. The topological polar surface area (TPSA) is 39.9 Å². The van der Waals surface area contributed by atoms with Gasteiger partial charge in [-0.3, -0.25) is 4.57 Å². The molecule has 0 aliphatic carbocycles. The molecule has 0 bridgehead atoms. The van der Waals surface area contributed by atoms with Crippen LogP contribution in [-0.2, 0) is 6.61 Å². The average molecular weight is 325 g/mol. The third-order valence-electron chi connectivity index (χ3n) is 3.50. The number of aryl methyl sites for hydroxylation is 2. The Balaban J connectivity index is 1.89. The Morgan fingerprint density at radius 2 is 1.74 bits per heavy atom. The van der Waals surface area contributed by atoms with Gasteiger partial charge in [0.15, 0.2) is 11.0 Å². The molecule has 0 aliphatic rings. The number of thioether (sulfide) groups is 1. The van der Waals surface area contributed by atoms with Crippen LogP contribution in [0, 0.1) is 13.8 Å². The van der Waals surface area contributed by atoms with Crippen molar-refractivity contribution in [2.75, 3.05) is 6.26 Å². The number of benzene rings is 2. The van der Waals surface area contributed by atoms with Crippen LogP contribution < -0.4 is 4.74 Å². The van der Waals surface area contributed by atoms with Crippen LogP contribution in [0.4, 0.5) is 0 Å². The average Bonchev–Trinajstić information content (AvgIpc) is 2.96. The zero-order chi connectivity index (χ0) is 16.2. The summed E-state index contributed by atoms with van der Waals surface area (Å²) in [4.78, 5) is 0. The standard InChI is InChI=1S/C18H19N3OS/c1-13-6-4-8-15(10-13)21-17(19-20-18(21)23-3)12-22-16-9-5-7-14(2)11-16/h4-11H,12H2,1-3H3. The molecule has 0 atom stereocenters. The predicted molar refractivity (Wildman–Crippen MR) is 93.4 cm³/mol. The van der Waals surface area contributed by atoms with Gasteiger partial charge in [0.1, 0.15) is 12.4 Å². The maximum Gasteiger partial charge on any atom is 0.195 e. The highest BCUT2D eigenvalue weighted by Gasteiger charge is 2.14. The van der Waals surface area contributed by atoms with Crippen LogP contribution in [0.5, 0.6) is 5.75 Å². The van der Waals surface area contributed by atoms with E-state index in [9.17, 15) is 0 Å². The lowest BCUT2D eigenvalue weighted by Gasteiger charge is -2.11. The summed E-state index contributed by atoms with van der Waals surface area (Å²) in [7, 11) is 0. The van der Waals surface area contributed by atoms with Gasteiger partial charge >= 0.3 is 0 Å². The zero-order valence-corrected chi connectivity index (χ0v) is 14.3. The third kappa shape index (κ3) is 3.56. The highest BCUT2D eigenvalue weighted by Crippen LogP contribution is 2.22. The van der Waals surface area contributed by atoms with Gasteiger partial charge in [0.2, 0.25) is 0 Å². The molecule has 0 unspecified atom stereocenters. The second kappa shape index (κ2) is 6.87. The van der Waals surface area contributed by atoms with Crippen molar-refractivity contribution in [1.29, 1.82) is 0 Å². The summed E-state index contributed by atoms with van der Waals surface area (Å²) in [6.45, 7) is 4.51. The summed E-state index contributed by atoms with van der Waals surface area (Å²) in [5.41, 5.74) is 3.43. The van der Waals surface area contributed by atoms with E-state index in [0.29, 0.717) is 6.61 Å². The Kier molecular flexibility index (Phi) is 4.67.